The molecule has 1 heteroatoms. The Kier molecular flexibility index (Phi) is 1.18. The largest absolute Gasteiger partial charge is 0.393 e. The van der Waals surface area contributed by atoms with Crippen molar-refractivity contribution in [3.8, 4) is 0 Å². The van der Waals surface area contributed by atoms with Crippen molar-refractivity contribution in [2.45, 2.75) is 38.2 Å². The molecule has 0 saturated heterocycles. The van der Waals surface area contributed by atoms with E-state index in [9.17, 15) is 5.11 Å². The molecule has 3 rings (SSSR count). The molecule has 0 heterocycles. The van der Waals surface area contributed by atoms with Crippen molar-refractivity contribution in [3.63, 3.8) is 0 Å². The lowest BCUT2D eigenvalue weighted by Crippen LogP contribution is -2.44. The second-order valence-electron chi connectivity index (χ2n) is 4.64. The fourth-order valence-corrected chi connectivity index (χ4v) is 4.02. The van der Waals surface area contributed by atoms with Gasteiger partial charge >= 0.3 is 0 Å². The number of fused-ring (bicyclic) bond motifs is 4. The quantitative estimate of drug-likeness (QED) is 0.561. The summed E-state index contributed by atoms with van der Waals surface area (Å²) in [5.41, 5.74) is 0. The Morgan fingerprint density at radius 2 is 1.55 bits per heavy atom. The molecule has 0 unspecified atom stereocenters. The fourth-order valence-electron chi connectivity index (χ4n) is 4.02. The number of hydrogen-bond acceptors (Lipinski definition) is 1. The van der Waals surface area contributed by atoms with E-state index in [-0.39, 0.29) is 6.10 Å². The Morgan fingerprint density at radius 3 is 2.45 bits per heavy atom. The predicted molar refractivity (Wildman–Crippen MR) is 43.1 cm³/mol. The third-order valence-corrected chi connectivity index (χ3v) is 4.40. The van der Waals surface area contributed by atoms with Gasteiger partial charge < -0.3 is 5.11 Å². The molecule has 3 saturated carbocycles. The highest BCUT2D eigenvalue weighted by molar-refractivity contribution is 5.06. The summed E-state index contributed by atoms with van der Waals surface area (Å²) in [6.07, 6.45) is 6.84. The zero-order valence-corrected chi connectivity index (χ0v) is 6.87. The Morgan fingerprint density at radius 1 is 0.818 bits per heavy atom. The van der Waals surface area contributed by atoms with Crippen LogP contribution in [0.3, 0.4) is 0 Å². The second kappa shape index (κ2) is 2.01. The van der Waals surface area contributed by atoms with E-state index in [1.807, 2.05) is 0 Å². The highest BCUT2D eigenvalue weighted by Crippen LogP contribution is 2.61. The number of aliphatic hydroxyl groups is 1. The topological polar surface area (TPSA) is 20.2 Å². The van der Waals surface area contributed by atoms with E-state index in [0.29, 0.717) is 0 Å². The summed E-state index contributed by atoms with van der Waals surface area (Å²) in [7, 11) is 0. The van der Waals surface area contributed by atoms with Crippen LogP contribution in [0.1, 0.15) is 32.1 Å². The summed E-state index contributed by atoms with van der Waals surface area (Å²) < 4.78 is 0. The smallest absolute Gasteiger partial charge is 0.0574 e. The summed E-state index contributed by atoms with van der Waals surface area (Å²) in [5.74, 6) is 3.66. The van der Waals surface area contributed by atoms with Gasteiger partial charge in [-0.15, -0.1) is 0 Å². The van der Waals surface area contributed by atoms with Crippen molar-refractivity contribution in [2.24, 2.45) is 23.7 Å². The molecule has 5 atom stereocenters. The van der Waals surface area contributed by atoms with Gasteiger partial charge in [-0.05, 0) is 49.4 Å². The van der Waals surface area contributed by atoms with Gasteiger partial charge in [-0.3, -0.25) is 0 Å². The van der Waals surface area contributed by atoms with Gasteiger partial charge in [0.1, 0.15) is 0 Å². The minimum atomic E-state index is 0.0827. The van der Waals surface area contributed by atoms with Gasteiger partial charge in [0.15, 0.2) is 0 Å². The highest BCUT2D eigenvalue weighted by atomic mass is 16.3. The maximum absolute atomic E-state index is 9.67. The summed E-state index contributed by atoms with van der Waals surface area (Å²) in [6.45, 7) is 0. The van der Waals surface area contributed by atoms with Crippen LogP contribution in [0.4, 0.5) is 0 Å². The molecule has 11 heavy (non-hydrogen) atoms. The van der Waals surface area contributed by atoms with Crippen LogP contribution in [0.25, 0.3) is 0 Å². The maximum Gasteiger partial charge on any atom is 0.0574 e. The van der Waals surface area contributed by atoms with Crippen LogP contribution in [0, 0.1) is 23.7 Å². The molecular formula is C10H16O. The molecule has 3 fully saturated rings. The summed E-state index contributed by atoms with van der Waals surface area (Å²) in [6, 6.07) is 0. The molecule has 0 amide bonds. The van der Waals surface area contributed by atoms with E-state index in [0.717, 1.165) is 30.1 Å². The SMILES string of the molecule is O[C@H]1CC[C@@H]2[C@H]3CCC[C@@H]3[C@H]21. The minimum absolute atomic E-state index is 0.0827. The first-order valence-electron chi connectivity index (χ1n) is 5.06. The van der Waals surface area contributed by atoms with Crippen LogP contribution in [0.5, 0.6) is 0 Å². The lowest BCUT2D eigenvalue weighted by Gasteiger charge is -2.46. The van der Waals surface area contributed by atoms with E-state index >= 15 is 0 Å². The standard InChI is InChI=1S/C10H16O/c11-9-5-4-8-6-2-1-3-7(6)10(8)9/h6-11H,1-5H2/t6-,7-,8+,9-,10+/m0/s1. The zero-order chi connectivity index (χ0) is 7.42. The zero-order valence-electron chi connectivity index (χ0n) is 6.87. The monoisotopic (exact) mass is 152 g/mol. The Labute approximate surface area is 67.8 Å². The van der Waals surface area contributed by atoms with Gasteiger partial charge in [0.25, 0.3) is 0 Å². The molecule has 62 valence electrons. The molecule has 0 spiro atoms. The Hall–Kier alpha value is -0.0400. The lowest BCUT2D eigenvalue weighted by atomic mass is 9.59. The van der Waals surface area contributed by atoms with Gasteiger partial charge in [0, 0.05) is 0 Å². The van der Waals surface area contributed by atoms with Crippen LogP contribution in [0.15, 0.2) is 0 Å². The van der Waals surface area contributed by atoms with Gasteiger partial charge in [0.05, 0.1) is 6.10 Å². The van der Waals surface area contributed by atoms with Gasteiger partial charge in [-0.2, -0.15) is 0 Å². The van der Waals surface area contributed by atoms with Crippen molar-refractivity contribution in [1.82, 2.24) is 0 Å². The average Bonchev–Trinajstić information content (AvgIpc) is 2.43. The molecular weight excluding hydrogens is 136 g/mol. The van der Waals surface area contributed by atoms with Crippen LogP contribution in [-0.4, -0.2) is 11.2 Å². The molecule has 0 aromatic rings. The predicted octanol–water partition coefficient (Wildman–Crippen LogP) is 1.80. The van der Waals surface area contributed by atoms with Crippen molar-refractivity contribution < 1.29 is 5.11 Å². The first kappa shape index (κ1) is 6.47. The molecule has 3 aliphatic carbocycles. The minimum Gasteiger partial charge on any atom is -0.393 e. The molecule has 1 nitrogen and oxygen atoms in total. The van der Waals surface area contributed by atoms with Gasteiger partial charge in [-0.1, -0.05) is 6.42 Å². The van der Waals surface area contributed by atoms with E-state index in [2.05, 4.69) is 0 Å². The number of aliphatic hydroxyl groups excluding tert-OH is 1. The first-order chi connectivity index (χ1) is 5.38. The normalized spacial score (nSPS) is 60.3. The van der Waals surface area contributed by atoms with Crippen molar-refractivity contribution in [1.29, 1.82) is 0 Å². The maximum atomic E-state index is 9.67. The van der Waals surface area contributed by atoms with E-state index in [4.69, 9.17) is 0 Å². The Bertz CT molecular complexity index is 172. The van der Waals surface area contributed by atoms with Crippen LogP contribution < -0.4 is 0 Å². The molecule has 1 N–H and O–H groups in total. The molecule has 0 aliphatic heterocycles. The summed E-state index contributed by atoms with van der Waals surface area (Å²) in [5, 5.41) is 9.67. The van der Waals surface area contributed by atoms with E-state index in [1.165, 1.54) is 25.7 Å². The van der Waals surface area contributed by atoms with Gasteiger partial charge in [0.2, 0.25) is 0 Å². The molecule has 0 bridgehead atoms. The number of rotatable bonds is 0. The van der Waals surface area contributed by atoms with Crippen LogP contribution in [-0.2, 0) is 0 Å². The van der Waals surface area contributed by atoms with Crippen molar-refractivity contribution >= 4 is 0 Å². The summed E-state index contributed by atoms with van der Waals surface area (Å²) in [4.78, 5) is 0. The van der Waals surface area contributed by atoms with Crippen molar-refractivity contribution in [2.75, 3.05) is 0 Å². The number of hydrogen-bond donors (Lipinski definition) is 1. The Balaban J connectivity index is 1.84. The average molecular weight is 152 g/mol. The molecule has 0 aromatic carbocycles. The molecule has 0 radical (unpaired) electrons. The lowest BCUT2D eigenvalue weighted by molar-refractivity contribution is -0.0358. The van der Waals surface area contributed by atoms with Gasteiger partial charge in [-0.25, -0.2) is 0 Å². The van der Waals surface area contributed by atoms with E-state index in [1.54, 1.807) is 0 Å². The fraction of sp³-hybridized carbons (Fsp3) is 1.00. The second-order valence-corrected chi connectivity index (χ2v) is 4.64. The van der Waals surface area contributed by atoms with Crippen LogP contribution in [0.2, 0.25) is 0 Å². The third-order valence-electron chi connectivity index (χ3n) is 4.40. The molecule has 0 aromatic heterocycles. The molecule has 3 aliphatic rings. The van der Waals surface area contributed by atoms with Crippen molar-refractivity contribution in [3.05, 3.63) is 0 Å². The van der Waals surface area contributed by atoms with Crippen LogP contribution >= 0.6 is 0 Å². The third kappa shape index (κ3) is 0.658. The first-order valence-corrected chi connectivity index (χ1v) is 5.06. The highest BCUT2D eigenvalue weighted by Gasteiger charge is 2.57. The van der Waals surface area contributed by atoms with E-state index < -0.39 is 0 Å². The summed E-state index contributed by atoms with van der Waals surface area (Å²) >= 11 is 0.